The van der Waals surface area contributed by atoms with E-state index in [-0.39, 0.29) is 6.54 Å². The highest BCUT2D eigenvalue weighted by atomic mass is 19.2. The van der Waals surface area contributed by atoms with Crippen LogP contribution in [-0.2, 0) is 4.79 Å². The summed E-state index contributed by atoms with van der Waals surface area (Å²) in [6.07, 6.45) is 0. The second-order valence-electron chi connectivity index (χ2n) is 3.64. The summed E-state index contributed by atoms with van der Waals surface area (Å²) in [6.45, 7) is 1.44. The van der Waals surface area contributed by atoms with Crippen LogP contribution in [0.2, 0.25) is 0 Å². The van der Waals surface area contributed by atoms with Crippen molar-refractivity contribution in [3.63, 3.8) is 0 Å². The number of carbonyl (C=O) groups excluding carboxylic acids is 1. The van der Waals surface area contributed by atoms with E-state index in [1.807, 2.05) is 5.32 Å². The maximum absolute atomic E-state index is 13.4. The molecule has 0 aliphatic heterocycles. The van der Waals surface area contributed by atoms with Crippen LogP contribution in [0.5, 0.6) is 0 Å². The SMILES string of the molecule is CC(CN)C(=O)Nc1c([N+](=O)[O-])ccc(F)c1F. The van der Waals surface area contributed by atoms with E-state index in [1.54, 1.807) is 0 Å². The van der Waals surface area contributed by atoms with E-state index in [4.69, 9.17) is 5.73 Å². The number of halogens is 2. The Morgan fingerprint density at radius 1 is 1.56 bits per heavy atom. The molecule has 0 fully saturated rings. The van der Waals surface area contributed by atoms with Crippen LogP contribution in [0.15, 0.2) is 12.1 Å². The van der Waals surface area contributed by atoms with Crippen LogP contribution in [0.4, 0.5) is 20.2 Å². The van der Waals surface area contributed by atoms with Crippen LogP contribution in [0.3, 0.4) is 0 Å². The topological polar surface area (TPSA) is 98.3 Å². The molecular formula is C10H11F2N3O3. The Bertz CT molecular complexity index is 494. The van der Waals surface area contributed by atoms with Crippen LogP contribution in [0.1, 0.15) is 6.92 Å². The van der Waals surface area contributed by atoms with Gasteiger partial charge in [-0.3, -0.25) is 14.9 Å². The number of hydrogen-bond donors (Lipinski definition) is 2. The van der Waals surface area contributed by atoms with Crippen molar-refractivity contribution in [3.8, 4) is 0 Å². The van der Waals surface area contributed by atoms with E-state index in [2.05, 4.69) is 0 Å². The quantitative estimate of drug-likeness (QED) is 0.630. The third-order valence-electron chi connectivity index (χ3n) is 2.32. The lowest BCUT2D eigenvalue weighted by Gasteiger charge is -2.11. The van der Waals surface area contributed by atoms with E-state index in [0.717, 1.165) is 6.07 Å². The predicted octanol–water partition coefficient (Wildman–Crippen LogP) is 1.41. The summed E-state index contributed by atoms with van der Waals surface area (Å²) in [6, 6.07) is 1.40. The van der Waals surface area contributed by atoms with E-state index in [1.165, 1.54) is 6.92 Å². The van der Waals surface area contributed by atoms with Crippen molar-refractivity contribution in [1.82, 2.24) is 0 Å². The number of nitro groups is 1. The molecule has 0 spiro atoms. The third-order valence-corrected chi connectivity index (χ3v) is 2.32. The van der Waals surface area contributed by atoms with Gasteiger partial charge in [0.05, 0.1) is 4.92 Å². The Morgan fingerprint density at radius 3 is 2.67 bits per heavy atom. The van der Waals surface area contributed by atoms with E-state index < -0.39 is 39.8 Å². The first-order valence-corrected chi connectivity index (χ1v) is 5.01. The zero-order chi connectivity index (χ0) is 13.9. The average molecular weight is 259 g/mol. The maximum Gasteiger partial charge on any atom is 0.296 e. The molecule has 0 aliphatic rings. The summed E-state index contributed by atoms with van der Waals surface area (Å²) in [5.74, 6) is -4.14. The molecule has 0 aromatic heterocycles. The Hall–Kier alpha value is -2.09. The van der Waals surface area contributed by atoms with Crippen molar-refractivity contribution < 1.29 is 18.5 Å². The summed E-state index contributed by atoms with van der Waals surface area (Å²) in [5, 5.41) is 12.6. The molecule has 0 saturated carbocycles. The van der Waals surface area contributed by atoms with Gasteiger partial charge in [0, 0.05) is 18.5 Å². The highest BCUT2D eigenvalue weighted by Gasteiger charge is 2.24. The van der Waals surface area contributed by atoms with Gasteiger partial charge in [-0.15, -0.1) is 0 Å². The Kier molecular flexibility index (Phi) is 4.27. The van der Waals surface area contributed by atoms with Crippen LogP contribution < -0.4 is 11.1 Å². The number of hydrogen-bond acceptors (Lipinski definition) is 4. The highest BCUT2D eigenvalue weighted by molar-refractivity contribution is 5.94. The second-order valence-corrected chi connectivity index (χ2v) is 3.64. The van der Waals surface area contributed by atoms with E-state index >= 15 is 0 Å². The minimum absolute atomic E-state index is 0.0173. The molecule has 8 heteroatoms. The summed E-state index contributed by atoms with van der Waals surface area (Å²) in [7, 11) is 0. The number of nitrogens with zero attached hydrogens (tertiary/aromatic N) is 1. The van der Waals surface area contributed by atoms with Crippen molar-refractivity contribution in [2.75, 3.05) is 11.9 Å². The molecule has 0 saturated heterocycles. The number of rotatable bonds is 4. The lowest BCUT2D eigenvalue weighted by molar-refractivity contribution is -0.384. The lowest BCUT2D eigenvalue weighted by atomic mass is 10.1. The first-order valence-electron chi connectivity index (χ1n) is 5.01. The number of amides is 1. The fourth-order valence-corrected chi connectivity index (χ4v) is 1.16. The number of benzene rings is 1. The second kappa shape index (κ2) is 5.50. The van der Waals surface area contributed by atoms with Crippen molar-refractivity contribution >= 4 is 17.3 Å². The van der Waals surface area contributed by atoms with Crippen molar-refractivity contribution in [3.05, 3.63) is 33.9 Å². The normalized spacial score (nSPS) is 12.0. The summed E-state index contributed by atoms with van der Waals surface area (Å²) in [4.78, 5) is 21.2. The zero-order valence-electron chi connectivity index (χ0n) is 9.44. The van der Waals surface area contributed by atoms with Crippen molar-refractivity contribution in [2.45, 2.75) is 6.92 Å². The van der Waals surface area contributed by atoms with Crippen LogP contribution in [0.25, 0.3) is 0 Å². The molecule has 1 atom stereocenters. The molecule has 1 unspecified atom stereocenters. The summed E-state index contributed by atoms with van der Waals surface area (Å²) in [5.41, 5.74) is 3.73. The Balaban J connectivity index is 3.17. The average Bonchev–Trinajstić information content (AvgIpc) is 2.33. The third kappa shape index (κ3) is 2.77. The molecule has 1 rings (SSSR count). The monoisotopic (exact) mass is 259 g/mol. The molecule has 1 aromatic rings. The maximum atomic E-state index is 13.4. The van der Waals surface area contributed by atoms with E-state index in [9.17, 15) is 23.7 Å². The fourth-order valence-electron chi connectivity index (χ4n) is 1.16. The lowest BCUT2D eigenvalue weighted by Crippen LogP contribution is -2.27. The van der Waals surface area contributed by atoms with Gasteiger partial charge in [0.2, 0.25) is 5.91 Å². The molecule has 98 valence electrons. The molecule has 0 aliphatic carbocycles. The molecule has 0 bridgehead atoms. The van der Waals surface area contributed by atoms with Gasteiger partial charge >= 0.3 is 0 Å². The van der Waals surface area contributed by atoms with Crippen molar-refractivity contribution in [1.29, 1.82) is 0 Å². The van der Waals surface area contributed by atoms with Gasteiger partial charge in [0.25, 0.3) is 5.69 Å². The van der Waals surface area contributed by atoms with Gasteiger partial charge < -0.3 is 11.1 Å². The van der Waals surface area contributed by atoms with Gasteiger partial charge in [0.1, 0.15) is 0 Å². The molecular weight excluding hydrogens is 248 g/mol. The van der Waals surface area contributed by atoms with Gasteiger partial charge in [-0.25, -0.2) is 8.78 Å². The number of carbonyl (C=O) groups is 1. The van der Waals surface area contributed by atoms with Crippen LogP contribution >= 0.6 is 0 Å². The fraction of sp³-hybridized carbons (Fsp3) is 0.300. The van der Waals surface area contributed by atoms with Crippen LogP contribution in [-0.4, -0.2) is 17.4 Å². The number of nitrogens with two attached hydrogens (primary N) is 1. The number of anilines is 1. The molecule has 18 heavy (non-hydrogen) atoms. The summed E-state index contributed by atoms with van der Waals surface area (Å²) >= 11 is 0. The number of nitro benzene ring substituents is 1. The molecule has 0 heterocycles. The Labute approximate surface area is 101 Å². The number of nitrogens with one attached hydrogen (secondary N) is 1. The van der Waals surface area contributed by atoms with E-state index in [0.29, 0.717) is 6.07 Å². The molecule has 3 N–H and O–H groups in total. The smallest absolute Gasteiger partial charge is 0.296 e. The van der Waals surface area contributed by atoms with Crippen LogP contribution in [0, 0.1) is 27.7 Å². The van der Waals surface area contributed by atoms with Gasteiger partial charge in [-0.05, 0) is 6.07 Å². The largest absolute Gasteiger partial charge is 0.330 e. The van der Waals surface area contributed by atoms with Gasteiger partial charge in [-0.1, -0.05) is 6.92 Å². The van der Waals surface area contributed by atoms with Gasteiger partial charge in [0.15, 0.2) is 17.3 Å². The predicted molar refractivity (Wildman–Crippen MR) is 59.9 cm³/mol. The summed E-state index contributed by atoms with van der Waals surface area (Å²) < 4.78 is 26.4. The highest BCUT2D eigenvalue weighted by Crippen LogP contribution is 2.29. The first kappa shape index (κ1) is 14.0. The zero-order valence-corrected chi connectivity index (χ0v) is 9.44. The molecule has 1 aromatic carbocycles. The van der Waals surface area contributed by atoms with Gasteiger partial charge in [-0.2, -0.15) is 0 Å². The standard InChI is InChI=1S/C10H11F2N3O3/c1-5(4-13)10(16)14-9-7(15(17)18)3-2-6(11)8(9)12/h2-3,5H,4,13H2,1H3,(H,14,16). The minimum Gasteiger partial charge on any atom is -0.330 e. The van der Waals surface area contributed by atoms with Crippen molar-refractivity contribution in [2.24, 2.45) is 11.7 Å². The Morgan fingerprint density at radius 2 is 2.17 bits per heavy atom. The molecule has 0 radical (unpaired) electrons. The minimum atomic E-state index is -1.47. The molecule has 1 amide bonds. The first-order chi connectivity index (χ1) is 8.38. The molecule has 6 nitrogen and oxygen atoms in total.